The first-order chi connectivity index (χ1) is 5.74. The Morgan fingerprint density at radius 1 is 1.58 bits per heavy atom. The van der Waals surface area contributed by atoms with E-state index in [0.29, 0.717) is 5.76 Å². The van der Waals surface area contributed by atoms with Crippen LogP contribution in [-0.2, 0) is 0 Å². The molecule has 1 aromatic heterocycles. The fourth-order valence-corrected chi connectivity index (χ4v) is 1.06. The highest BCUT2D eigenvalue weighted by molar-refractivity contribution is 5.03. The molecule has 0 saturated heterocycles. The van der Waals surface area contributed by atoms with Gasteiger partial charge < -0.3 is 10.2 Å². The Morgan fingerprint density at radius 3 is 2.92 bits per heavy atom. The van der Waals surface area contributed by atoms with Crippen LogP contribution in [0.1, 0.15) is 31.6 Å². The van der Waals surface area contributed by atoms with Crippen molar-refractivity contribution in [1.29, 1.82) is 0 Å². The van der Waals surface area contributed by atoms with E-state index in [1.165, 1.54) is 6.07 Å². The summed E-state index contributed by atoms with van der Waals surface area (Å²) >= 11 is 0. The molecule has 0 radical (unpaired) electrons. The SMILES string of the molecule is CCCC(N)c1cccc(=O)o1. The first-order valence-corrected chi connectivity index (χ1v) is 4.09. The monoisotopic (exact) mass is 167 g/mol. The lowest BCUT2D eigenvalue weighted by Gasteiger charge is -2.07. The van der Waals surface area contributed by atoms with Crippen LogP contribution in [0, 0.1) is 0 Å². The summed E-state index contributed by atoms with van der Waals surface area (Å²) in [5.74, 6) is 0.573. The van der Waals surface area contributed by atoms with Crippen LogP contribution in [0.3, 0.4) is 0 Å². The molecule has 1 atom stereocenters. The predicted molar refractivity (Wildman–Crippen MR) is 46.8 cm³/mol. The van der Waals surface area contributed by atoms with Gasteiger partial charge in [0.25, 0.3) is 0 Å². The van der Waals surface area contributed by atoms with E-state index in [1.54, 1.807) is 12.1 Å². The van der Waals surface area contributed by atoms with Gasteiger partial charge in [-0.3, -0.25) is 0 Å². The maximum absolute atomic E-state index is 10.8. The lowest BCUT2D eigenvalue weighted by Crippen LogP contribution is -2.12. The molecule has 0 bridgehead atoms. The van der Waals surface area contributed by atoms with E-state index in [1.807, 2.05) is 6.92 Å². The van der Waals surface area contributed by atoms with E-state index in [0.717, 1.165) is 12.8 Å². The molecule has 1 rings (SSSR count). The van der Waals surface area contributed by atoms with Crippen molar-refractivity contribution >= 4 is 0 Å². The molecule has 0 amide bonds. The lowest BCUT2D eigenvalue weighted by molar-refractivity contribution is 0.412. The van der Waals surface area contributed by atoms with E-state index in [-0.39, 0.29) is 11.7 Å². The highest BCUT2D eigenvalue weighted by atomic mass is 16.4. The van der Waals surface area contributed by atoms with Crippen LogP contribution in [0.5, 0.6) is 0 Å². The van der Waals surface area contributed by atoms with Gasteiger partial charge in [0.15, 0.2) is 0 Å². The molecule has 0 saturated carbocycles. The maximum Gasteiger partial charge on any atom is 0.335 e. The summed E-state index contributed by atoms with van der Waals surface area (Å²) < 4.78 is 4.91. The van der Waals surface area contributed by atoms with Crippen molar-refractivity contribution in [3.05, 3.63) is 34.4 Å². The summed E-state index contributed by atoms with van der Waals surface area (Å²) in [4.78, 5) is 10.8. The van der Waals surface area contributed by atoms with Gasteiger partial charge in [0.1, 0.15) is 5.76 Å². The lowest BCUT2D eigenvalue weighted by atomic mass is 10.1. The minimum absolute atomic E-state index is 0.149. The zero-order chi connectivity index (χ0) is 8.97. The zero-order valence-corrected chi connectivity index (χ0v) is 7.12. The average Bonchev–Trinajstić information content (AvgIpc) is 2.05. The summed E-state index contributed by atoms with van der Waals surface area (Å²) in [6.45, 7) is 2.04. The van der Waals surface area contributed by atoms with E-state index < -0.39 is 0 Å². The van der Waals surface area contributed by atoms with Gasteiger partial charge in [-0.1, -0.05) is 19.4 Å². The van der Waals surface area contributed by atoms with E-state index in [2.05, 4.69) is 0 Å². The predicted octanol–water partition coefficient (Wildman–Crippen LogP) is 1.44. The van der Waals surface area contributed by atoms with Crippen molar-refractivity contribution in [2.75, 3.05) is 0 Å². The molecule has 0 spiro atoms. The second-order valence-electron chi connectivity index (χ2n) is 2.74. The fourth-order valence-electron chi connectivity index (χ4n) is 1.06. The Hall–Kier alpha value is -1.09. The molecular formula is C9H13NO2. The van der Waals surface area contributed by atoms with Gasteiger partial charge in [0.2, 0.25) is 0 Å². The standard InChI is InChI=1S/C9H13NO2/c1-2-4-7(10)8-5-3-6-9(11)12-8/h3,5-7H,2,4,10H2,1H3. The van der Waals surface area contributed by atoms with Gasteiger partial charge in [-0.15, -0.1) is 0 Å². The van der Waals surface area contributed by atoms with E-state index >= 15 is 0 Å². The number of nitrogens with two attached hydrogens (primary N) is 1. The zero-order valence-electron chi connectivity index (χ0n) is 7.12. The second kappa shape index (κ2) is 4.07. The fraction of sp³-hybridized carbons (Fsp3) is 0.444. The summed E-state index contributed by atoms with van der Waals surface area (Å²) in [5, 5.41) is 0. The van der Waals surface area contributed by atoms with Crippen molar-refractivity contribution in [2.45, 2.75) is 25.8 Å². The molecule has 1 unspecified atom stereocenters. The maximum atomic E-state index is 10.8. The minimum atomic E-state index is -0.334. The van der Waals surface area contributed by atoms with Crippen LogP contribution in [0.2, 0.25) is 0 Å². The largest absolute Gasteiger partial charge is 0.426 e. The molecule has 0 aliphatic heterocycles. The van der Waals surface area contributed by atoms with Gasteiger partial charge >= 0.3 is 5.63 Å². The number of rotatable bonds is 3. The molecule has 0 fully saturated rings. The van der Waals surface area contributed by atoms with Crippen LogP contribution in [-0.4, -0.2) is 0 Å². The third-order valence-corrected chi connectivity index (χ3v) is 1.68. The molecule has 12 heavy (non-hydrogen) atoms. The van der Waals surface area contributed by atoms with Crippen LogP contribution in [0.4, 0.5) is 0 Å². The molecule has 2 N–H and O–H groups in total. The number of hydrogen-bond acceptors (Lipinski definition) is 3. The average molecular weight is 167 g/mol. The summed E-state index contributed by atoms with van der Waals surface area (Å²) in [7, 11) is 0. The molecule has 3 heteroatoms. The highest BCUT2D eigenvalue weighted by Crippen LogP contribution is 2.12. The number of hydrogen-bond donors (Lipinski definition) is 1. The molecule has 0 aliphatic rings. The summed E-state index contributed by atoms with van der Waals surface area (Å²) in [6.07, 6.45) is 1.83. The third-order valence-electron chi connectivity index (χ3n) is 1.68. The normalized spacial score (nSPS) is 12.8. The Kier molecular flexibility index (Phi) is 3.05. The Labute approximate surface area is 71.2 Å². The van der Waals surface area contributed by atoms with Crippen molar-refractivity contribution in [3.63, 3.8) is 0 Å². The third kappa shape index (κ3) is 2.20. The first kappa shape index (κ1) is 9.00. The molecule has 0 aromatic carbocycles. The van der Waals surface area contributed by atoms with Crippen molar-refractivity contribution in [1.82, 2.24) is 0 Å². The molecule has 66 valence electrons. The smallest absolute Gasteiger partial charge is 0.335 e. The van der Waals surface area contributed by atoms with E-state index in [9.17, 15) is 4.79 Å². The van der Waals surface area contributed by atoms with E-state index in [4.69, 9.17) is 10.2 Å². The molecule has 3 nitrogen and oxygen atoms in total. The molecular weight excluding hydrogens is 154 g/mol. The van der Waals surface area contributed by atoms with Crippen molar-refractivity contribution < 1.29 is 4.42 Å². The second-order valence-corrected chi connectivity index (χ2v) is 2.74. The Bertz CT molecular complexity index is 293. The molecule has 1 aromatic rings. The topological polar surface area (TPSA) is 56.2 Å². The van der Waals surface area contributed by atoms with Gasteiger partial charge in [-0.05, 0) is 12.5 Å². The van der Waals surface area contributed by atoms with Crippen molar-refractivity contribution in [2.24, 2.45) is 5.73 Å². The molecule has 1 heterocycles. The van der Waals surface area contributed by atoms with Crippen molar-refractivity contribution in [3.8, 4) is 0 Å². The highest BCUT2D eigenvalue weighted by Gasteiger charge is 2.06. The first-order valence-electron chi connectivity index (χ1n) is 4.09. The van der Waals surface area contributed by atoms with Gasteiger partial charge in [0.05, 0.1) is 6.04 Å². The van der Waals surface area contributed by atoms with Gasteiger partial charge in [-0.25, -0.2) is 4.79 Å². The Morgan fingerprint density at radius 2 is 2.33 bits per heavy atom. The van der Waals surface area contributed by atoms with Crippen LogP contribution >= 0.6 is 0 Å². The minimum Gasteiger partial charge on any atom is -0.426 e. The molecule has 0 aliphatic carbocycles. The Balaban J connectivity index is 2.80. The van der Waals surface area contributed by atoms with Gasteiger partial charge in [0, 0.05) is 6.07 Å². The van der Waals surface area contributed by atoms with Crippen LogP contribution in [0.25, 0.3) is 0 Å². The van der Waals surface area contributed by atoms with Crippen LogP contribution < -0.4 is 11.4 Å². The van der Waals surface area contributed by atoms with Gasteiger partial charge in [-0.2, -0.15) is 0 Å². The quantitative estimate of drug-likeness (QED) is 0.741. The summed E-state index contributed by atoms with van der Waals surface area (Å²) in [6, 6.07) is 4.63. The summed E-state index contributed by atoms with van der Waals surface area (Å²) in [5.41, 5.74) is 5.41. The van der Waals surface area contributed by atoms with Crippen LogP contribution in [0.15, 0.2) is 27.4 Å².